The molecular formula is C4H10MgO. The van der Waals surface area contributed by atoms with Gasteiger partial charge in [0.1, 0.15) is 5.78 Å². The molecule has 0 aliphatic carbocycles. The first-order chi connectivity index (χ1) is 2.27. The second kappa shape index (κ2) is 5.44. The van der Waals surface area contributed by atoms with Crippen LogP contribution in [0.2, 0.25) is 0 Å². The van der Waals surface area contributed by atoms with Gasteiger partial charge < -0.3 is 4.79 Å². The summed E-state index contributed by atoms with van der Waals surface area (Å²) in [6.07, 6.45) is 0.667. The molecule has 0 aromatic carbocycles. The van der Waals surface area contributed by atoms with E-state index >= 15 is 0 Å². The van der Waals surface area contributed by atoms with Crippen LogP contribution in [0.1, 0.15) is 20.3 Å². The SMILES string of the molecule is CCC(C)=O.[MgH2]. The van der Waals surface area contributed by atoms with E-state index in [2.05, 4.69) is 0 Å². The lowest BCUT2D eigenvalue weighted by Crippen LogP contribution is -1.80. The number of Topliss-reactive ketones (excluding diaryl/α,β-unsaturated/α-hetero) is 1. The largest absolute Gasteiger partial charge is 0.316 e. The van der Waals surface area contributed by atoms with Crippen molar-refractivity contribution in [2.75, 3.05) is 0 Å². The number of carbonyl (C=O) groups excluding carboxylic acids is 1. The summed E-state index contributed by atoms with van der Waals surface area (Å²) in [5, 5.41) is 0. The van der Waals surface area contributed by atoms with Crippen molar-refractivity contribution < 1.29 is 4.79 Å². The van der Waals surface area contributed by atoms with Gasteiger partial charge in [-0.3, -0.25) is 0 Å². The first kappa shape index (κ1) is 9.66. The quantitative estimate of drug-likeness (QED) is 0.424. The summed E-state index contributed by atoms with van der Waals surface area (Å²) in [5.41, 5.74) is 0. The minimum Gasteiger partial charge on any atom is -0.300 e. The van der Waals surface area contributed by atoms with Crippen LogP contribution in [0.5, 0.6) is 0 Å². The Kier molecular flexibility index (Phi) is 8.76. The zero-order chi connectivity index (χ0) is 4.28. The summed E-state index contributed by atoms with van der Waals surface area (Å²) in [4.78, 5) is 9.81. The summed E-state index contributed by atoms with van der Waals surface area (Å²) in [5.74, 6) is 0.255. The van der Waals surface area contributed by atoms with Crippen molar-refractivity contribution in [3.8, 4) is 0 Å². The van der Waals surface area contributed by atoms with Gasteiger partial charge in [0.25, 0.3) is 0 Å². The molecule has 0 saturated heterocycles. The van der Waals surface area contributed by atoms with Crippen molar-refractivity contribution in [1.82, 2.24) is 0 Å². The van der Waals surface area contributed by atoms with Crippen LogP contribution < -0.4 is 0 Å². The van der Waals surface area contributed by atoms with E-state index in [4.69, 9.17) is 0 Å². The highest BCUT2D eigenvalue weighted by Gasteiger charge is 1.76. The van der Waals surface area contributed by atoms with E-state index in [0.717, 1.165) is 0 Å². The molecule has 0 unspecified atom stereocenters. The van der Waals surface area contributed by atoms with Crippen LogP contribution in [0.25, 0.3) is 0 Å². The molecule has 1 nitrogen and oxygen atoms in total. The normalized spacial score (nSPS) is 6.33. The standard InChI is InChI=1S/C4H8O.Mg.2H/c1-3-4(2)5;;;/h3H2,1-2H3;;;. The average Bonchev–Trinajstić information content (AvgIpc) is 1.38. The molecule has 0 rings (SSSR count). The van der Waals surface area contributed by atoms with Gasteiger partial charge in [0.2, 0.25) is 0 Å². The molecule has 0 aliphatic heterocycles. The van der Waals surface area contributed by atoms with Crippen molar-refractivity contribution in [2.45, 2.75) is 20.3 Å². The fourth-order valence-electron chi connectivity index (χ4n) is 0. The molecule has 6 heavy (non-hydrogen) atoms. The van der Waals surface area contributed by atoms with Crippen molar-refractivity contribution >= 4 is 28.8 Å². The highest BCUT2D eigenvalue weighted by molar-refractivity contribution is 5.75. The zero-order valence-corrected chi connectivity index (χ0v) is 3.62. The molecule has 0 saturated carbocycles. The van der Waals surface area contributed by atoms with Crippen LogP contribution in [0.3, 0.4) is 0 Å². The van der Waals surface area contributed by atoms with Gasteiger partial charge in [-0.15, -0.1) is 0 Å². The lowest BCUT2D eigenvalue weighted by molar-refractivity contribution is -0.116. The van der Waals surface area contributed by atoms with E-state index in [1.807, 2.05) is 6.92 Å². The third-order valence-electron chi connectivity index (χ3n) is 0.498. The van der Waals surface area contributed by atoms with Crippen molar-refractivity contribution in [3.63, 3.8) is 0 Å². The molecule has 0 aromatic rings. The Labute approximate surface area is 54.3 Å². The Balaban J connectivity index is 0. The Morgan fingerprint density at radius 2 is 1.83 bits per heavy atom. The maximum atomic E-state index is 9.81. The summed E-state index contributed by atoms with van der Waals surface area (Å²) < 4.78 is 0. The van der Waals surface area contributed by atoms with E-state index in [0.29, 0.717) is 6.42 Å². The number of ketones is 1. The predicted octanol–water partition coefficient (Wildman–Crippen LogP) is 0.0692. The second-order valence-electron chi connectivity index (χ2n) is 1.06. The van der Waals surface area contributed by atoms with Crippen LogP contribution in [0.15, 0.2) is 0 Å². The van der Waals surface area contributed by atoms with Crippen LogP contribution in [-0.4, -0.2) is 28.8 Å². The number of rotatable bonds is 1. The van der Waals surface area contributed by atoms with Gasteiger partial charge in [-0.2, -0.15) is 0 Å². The lowest BCUT2D eigenvalue weighted by Gasteiger charge is -1.71. The predicted molar refractivity (Wildman–Crippen MR) is 29.5 cm³/mol. The zero-order valence-electron chi connectivity index (χ0n) is 3.62. The number of hydrogen-bond donors (Lipinski definition) is 0. The monoisotopic (exact) mass is 98.1 g/mol. The molecule has 34 valence electrons. The Bertz CT molecular complexity index is 42.8. The number of carbonyl (C=O) groups is 1. The fraction of sp³-hybridized carbons (Fsp3) is 0.750. The van der Waals surface area contributed by atoms with Gasteiger partial charge in [-0.1, -0.05) is 6.92 Å². The molecule has 0 aromatic heterocycles. The van der Waals surface area contributed by atoms with Crippen LogP contribution in [0, 0.1) is 0 Å². The van der Waals surface area contributed by atoms with Gasteiger partial charge in [-0.05, 0) is 6.92 Å². The Morgan fingerprint density at radius 1 is 1.67 bits per heavy atom. The highest BCUT2D eigenvalue weighted by Crippen LogP contribution is 1.71. The molecule has 0 amide bonds. The first-order valence-electron chi connectivity index (χ1n) is 1.76. The maximum absolute atomic E-state index is 9.81. The molecular weight excluding hydrogens is 88.3 g/mol. The van der Waals surface area contributed by atoms with Crippen molar-refractivity contribution in [1.29, 1.82) is 0 Å². The molecule has 0 aliphatic rings. The summed E-state index contributed by atoms with van der Waals surface area (Å²) in [7, 11) is 0. The van der Waals surface area contributed by atoms with E-state index in [9.17, 15) is 4.79 Å². The molecule has 2 heteroatoms. The maximum Gasteiger partial charge on any atom is 0.316 e. The molecule has 0 bridgehead atoms. The van der Waals surface area contributed by atoms with Gasteiger partial charge in [0.15, 0.2) is 0 Å². The molecule has 0 N–H and O–H groups in total. The molecule has 0 atom stereocenters. The average molecular weight is 98.4 g/mol. The summed E-state index contributed by atoms with van der Waals surface area (Å²) in [6, 6.07) is 0. The van der Waals surface area contributed by atoms with Crippen molar-refractivity contribution in [2.24, 2.45) is 0 Å². The first-order valence-corrected chi connectivity index (χ1v) is 1.76. The van der Waals surface area contributed by atoms with Gasteiger partial charge in [-0.25, -0.2) is 0 Å². The fourth-order valence-corrected chi connectivity index (χ4v) is 0. The molecule has 0 spiro atoms. The topological polar surface area (TPSA) is 17.1 Å². The second-order valence-corrected chi connectivity index (χ2v) is 1.06. The Morgan fingerprint density at radius 3 is 1.83 bits per heavy atom. The molecule has 0 radical (unpaired) electrons. The van der Waals surface area contributed by atoms with Crippen LogP contribution in [0.4, 0.5) is 0 Å². The van der Waals surface area contributed by atoms with Crippen molar-refractivity contribution in [3.05, 3.63) is 0 Å². The highest BCUT2D eigenvalue weighted by atomic mass is 24.3. The molecule has 0 heterocycles. The smallest absolute Gasteiger partial charge is 0.300 e. The minimum atomic E-state index is 0. The van der Waals surface area contributed by atoms with Crippen LogP contribution >= 0.6 is 0 Å². The summed E-state index contributed by atoms with van der Waals surface area (Å²) in [6.45, 7) is 3.43. The molecule has 0 fully saturated rings. The Hall–Kier alpha value is 0.436. The van der Waals surface area contributed by atoms with E-state index in [1.165, 1.54) is 0 Å². The van der Waals surface area contributed by atoms with E-state index < -0.39 is 0 Å². The third kappa shape index (κ3) is 8.83. The van der Waals surface area contributed by atoms with E-state index in [1.54, 1.807) is 6.92 Å². The van der Waals surface area contributed by atoms with Crippen LogP contribution in [-0.2, 0) is 4.79 Å². The van der Waals surface area contributed by atoms with Gasteiger partial charge in [0, 0.05) is 6.42 Å². The lowest BCUT2D eigenvalue weighted by atomic mass is 10.4. The third-order valence-corrected chi connectivity index (χ3v) is 0.498. The van der Waals surface area contributed by atoms with Gasteiger partial charge in [0.05, 0.1) is 0 Å². The summed E-state index contributed by atoms with van der Waals surface area (Å²) >= 11 is 0. The van der Waals surface area contributed by atoms with Gasteiger partial charge >= 0.3 is 23.1 Å². The minimum absolute atomic E-state index is 0. The number of hydrogen-bond acceptors (Lipinski definition) is 1. The van der Waals surface area contributed by atoms with E-state index in [-0.39, 0.29) is 28.8 Å².